The van der Waals surface area contributed by atoms with Crippen LogP contribution in [0.2, 0.25) is 0 Å². The minimum Gasteiger partial charge on any atom is -0.494 e. The summed E-state index contributed by atoms with van der Waals surface area (Å²) in [4.78, 5) is 6.46. The van der Waals surface area contributed by atoms with E-state index in [2.05, 4.69) is 26.1 Å². The molecule has 0 saturated carbocycles. The summed E-state index contributed by atoms with van der Waals surface area (Å²) in [5, 5.41) is 13.4. The van der Waals surface area contributed by atoms with E-state index in [-0.39, 0.29) is 6.61 Å². The number of aromatic nitrogens is 2. The van der Waals surface area contributed by atoms with E-state index in [0.29, 0.717) is 31.4 Å². The van der Waals surface area contributed by atoms with Crippen LogP contribution in [0.3, 0.4) is 0 Å². The highest BCUT2D eigenvalue weighted by atomic mass is 79.9. The van der Waals surface area contributed by atoms with Gasteiger partial charge in [-0.15, -0.1) is 0 Å². The minimum absolute atomic E-state index is 0.0376. The summed E-state index contributed by atoms with van der Waals surface area (Å²) in [5.74, 6) is 1.83. The fraction of sp³-hybridized carbons (Fsp3) is 0.263. The zero-order valence-electron chi connectivity index (χ0n) is 14.4. The average molecular weight is 418 g/mol. The van der Waals surface area contributed by atoms with E-state index in [1.165, 1.54) is 0 Å². The van der Waals surface area contributed by atoms with Gasteiger partial charge < -0.3 is 19.3 Å². The van der Waals surface area contributed by atoms with Gasteiger partial charge in [0.15, 0.2) is 0 Å². The predicted molar refractivity (Wildman–Crippen MR) is 103 cm³/mol. The van der Waals surface area contributed by atoms with Gasteiger partial charge in [0.2, 0.25) is 11.7 Å². The van der Waals surface area contributed by atoms with E-state index in [0.717, 1.165) is 21.5 Å². The van der Waals surface area contributed by atoms with Gasteiger partial charge in [-0.2, -0.15) is 4.98 Å². The Morgan fingerprint density at radius 1 is 1.12 bits per heavy atom. The molecule has 2 aromatic carbocycles. The number of halogens is 1. The smallest absolute Gasteiger partial charge is 0.246 e. The molecule has 0 amide bonds. The predicted octanol–water partition coefficient (Wildman–Crippen LogP) is 3.90. The lowest BCUT2D eigenvalue weighted by Crippen LogP contribution is -2.26. The number of aliphatic hydroxyl groups is 1. The minimum atomic E-state index is 0.0376. The Morgan fingerprint density at radius 3 is 2.50 bits per heavy atom. The van der Waals surface area contributed by atoms with Crippen LogP contribution >= 0.6 is 15.9 Å². The molecule has 3 rings (SSSR count). The van der Waals surface area contributed by atoms with E-state index in [4.69, 9.17) is 9.26 Å². The largest absolute Gasteiger partial charge is 0.494 e. The Hall–Kier alpha value is -2.38. The van der Waals surface area contributed by atoms with Crippen molar-refractivity contribution in [3.63, 3.8) is 0 Å². The normalized spacial score (nSPS) is 10.7. The standard InChI is InChI=1S/C19H20BrN3O3/c1-2-25-17-9-3-14(4-10-17)19-21-18(26-22-19)13-23(11-12-24)16-7-5-15(20)6-8-16/h3-10,24H,2,11-13H2,1H3. The number of hydrogen-bond donors (Lipinski definition) is 1. The van der Waals surface area contributed by atoms with Crippen molar-refractivity contribution in [2.45, 2.75) is 13.5 Å². The summed E-state index contributed by atoms with van der Waals surface area (Å²) >= 11 is 3.43. The molecule has 6 nitrogen and oxygen atoms in total. The zero-order chi connectivity index (χ0) is 18.4. The molecule has 0 aliphatic rings. The molecule has 7 heteroatoms. The lowest BCUT2D eigenvalue weighted by Gasteiger charge is -2.21. The fourth-order valence-electron chi connectivity index (χ4n) is 2.54. The zero-order valence-corrected chi connectivity index (χ0v) is 16.0. The first-order valence-electron chi connectivity index (χ1n) is 8.36. The van der Waals surface area contributed by atoms with Gasteiger partial charge in [-0.1, -0.05) is 21.1 Å². The molecule has 0 unspecified atom stereocenters. The van der Waals surface area contributed by atoms with Gasteiger partial charge in [0.05, 0.1) is 19.8 Å². The second-order valence-electron chi connectivity index (χ2n) is 5.59. The summed E-state index contributed by atoms with van der Waals surface area (Å²) < 4.78 is 11.8. The highest BCUT2D eigenvalue weighted by molar-refractivity contribution is 9.10. The van der Waals surface area contributed by atoms with Crippen molar-refractivity contribution in [3.8, 4) is 17.1 Å². The lowest BCUT2D eigenvalue weighted by atomic mass is 10.2. The summed E-state index contributed by atoms with van der Waals surface area (Å²) in [5.41, 5.74) is 1.84. The molecule has 0 bridgehead atoms. The molecular formula is C19H20BrN3O3. The van der Waals surface area contributed by atoms with Gasteiger partial charge in [0.1, 0.15) is 5.75 Å². The number of hydrogen-bond acceptors (Lipinski definition) is 6. The molecule has 0 atom stereocenters. The maximum Gasteiger partial charge on any atom is 0.246 e. The van der Waals surface area contributed by atoms with Gasteiger partial charge in [0.25, 0.3) is 0 Å². The molecule has 1 N–H and O–H groups in total. The topological polar surface area (TPSA) is 71.6 Å². The van der Waals surface area contributed by atoms with E-state index < -0.39 is 0 Å². The fourth-order valence-corrected chi connectivity index (χ4v) is 2.80. The molecule has 0 aliphatic carbocycles. The first-order valence-corrected chi connectivity index (χ1v) is 9.16. The Kier molecular flexibility index (Phi) is 6.25. The summed E-state index contributed by atoms with van der Waals surface area (Å²) in [6.07, 6.45) is 0. The van der Waals surface area contributed by atoms with Crippen LogP contribution in [-0.2, 0) is 6.54 Å². The highest BCUT2D eigenvalue weighted by Gasteiger charge is 2.14. The number of aliphatic hydroxyl groups excluding tert-OH is 1. The Morgan fingerprint density at radius 2 is 1.85 bits per heavy atom. The molecule has 0 spiro atoms. The maximum atomic E-state index is 9.35. The molecule has 1 heterocycles. The van der Waals surface area contributed by atoms with Crippen molar-refractivity contribution in [1.29, 1.82) is 0 Å². The van der Waals surface area contributed by atoms with Crippen LogP contribution in [0.4, 0.5) is 5.69 Å². The second kappa shape index (κ2) is 8.82. The van der Waals surface area contributed by atoms with E-state index in [1.807, 2.05) is 60.4 Å². The second-order valence-corrected chi connectivity index (χ2v) is 6.51. The van der Waals surface area contributed by atoms with Crippen molar-refractivity contribution in [2.75, 3.05) is 24.7 Å². The van der Waals surface area contributed by atoms with Crippen molar-refractivity contribution in [1.82, 2.24) is 10.1 Å². The Labute approximate surface area is 160 Å². The molecule has 0 aliphatic heterocycles. The Balaban J connectivity index is 1.74. The van der Waals surface area contributed by atoms with Crippen LogP contribution in [0.25, 0.3) is 11.4 Å². The lowest BCUT2D eigenvalue weighted by molar-refractivity contribution is 0.298. The molecule has 0 fully saturated rings. The Bertz CT molecular complexity index is 819. The van der Waals surface area contributed by atoms with Crippen LogP contribution < -0.4 is 9.64 Å². The van der Waals surface area contributed by atoms with Crippen molar-refractivity contribution in [3.05, 3.63) is 58.9 Å². The number of benzene rings is 2. The van der Waals surface area contributed by atoms with Crippen LogP contribution in [0.15, 0.2) is 57.5 Å². The summed E-state index contributed by atoms with van der Waals surface area (Å²) in [7, 11) is 0. The third-order valence-corrected chi connectivity index (χ3v) is 4.31. The maximum absolute atomic E-state index is 9.35. The first kappa shape index (κ1) is 18.4. The average Bonchev–Trinajstić information content (AvgIpc) is 3.12. The quantitative estimate of drug-likeness (QED) is 0.599. The molecule has 26 heavy (non-hydrogen) atoms. The van der Waals surface area contributed by atoms with E-state index in [1.54, 1.807) is 0 Å². The molecule has 0 saturated heterocycles. The van der Waals surface area contributed by atoms with Crippen molar-refractivity contribution >= 4 is 21.6 Å². The van der Waals surface area contributed by atoms with Gasteiger partial charge >= 0.3 is 0 Å². The molecular weight excluding hydrogens is 398 g/mol. The van der Waals surface area contributed by atoms with Crippen LogP contribution in [0, 0.1) is 0 Å². The monoisotopic (exact) mass is 417 g/mol. The van der Waals surface area contributed by atoms with Crippen molar-refractivity contribution < 1.29 is 14.4 Å². The summed E-state index contributed by atoms with van der Waals surface area (Å²) in [6.45, 7) is 3.51. The van der Waals surface area contributed by atoms with Crippen LogP contribution in [0.5, 0.6) is 5.75 Å². The van der Waals surface area contributed by atoms with E-state index >= 15 is 0 Å². The number of nitrogens with zero attached hydrogens (tertiary/aromatic N) is 3. The number of ether oxygens (including phenoxy) is 1. The highest BCUT2D eigenvalue weighted by Crippen LogP contribution is 2.22. The molecule has 136 valence electrons. The van der Waals surface area contributed by atoms with Crippen LogP contribution in [0.1, 0.15) is 12.8 Å². The van der Waals surface area contributed by atoms with Crippen molar-refractivity contribution in [2.24, 2.45) is 0 Å². The van der Waals surface area contributed by atoms with Crippen LogP contribution in [-0.4, -0.2) is 35.0 Å². The molecule has 0 radical (unpaired) electrons. The molecule has 1 aromatic heterocycles. The first-order chi connectivity index (χ1) is 12.7. The van der Waals surface area contributed by atoms with E-state index in [9.17, 15) is 5.11 Å². The number of rotatable bonds is 8. The summed E-state index contributed by atoms with van der Waals surface area (Å²) in [6, 6.07) is 15.4. The van der Waals surface area contributed by atoms with Gasteiger partial charge in [0, 0.05) is 22.3 Å². The molecule has 3 aromatic rings. The van der Waals surface area contributed by atoms with Gasteiger partial charge in [-0.3, -0.25) is 0 Å². The third-order valence-electron chi connectivity index (χ3n) is 3.78. The number of anilines is 1. The SMILES string of the molecule is CCOc1ccc(-c2noc(CN(CCO)c3ccc(Br)cc3)n2)cc1. The third kappa shape index (κ3) is 4.62. The van der Waals surface area contributed by atoms with Gasteiger partial charge in [-0.05, 0) is 55.5 Å². The van der Waals surface area contributed by atoms with Gasteiger partial charge in [-0.25, -0.2) is 0 Å².